The van der Waals surface area contributed by atoms with Crippen LogP contribution in [-0.2, 0) is 16.0 Å². The molecule has 0 bridgehead atoms. The lowest BCUT2D eigenvalue weighted by Gasteiger charge is -2.23. The van der Waals surface area contributed by atoms with Crippen molar-refractivity contribution in [3.8, 4) is 0 Å². The summed E-state index contributed by atoms with van der Waals surface area (Å²) in [6, 6.07) is 7.28. The molecule has 2 N–H and O–H groups in total. The first-order valence-electron chi connectivity index (χ1n) is 6.92. The standard InChI is InChI=1S/C16H23NO4/c1-11-5-7-12(8-6-11)9-13(10-14(18)19)17-15(20)21-16(2,3)4/h5-8,13H,9-10H2,1-4H3,(H,17,20)(H,18,19)/t13-/m1/s1. The number of aryl methyl sites for hydroxylation is 1. The normalized spacial score (nSPS) is 12.6. The van der Waals surface area contributed by atoms with Crippen molar-refractivity contribution in [3.63, 3.8) is 0 Å². The average Bonchev–Trinajstić information content (AvgIpc) is 2.28. The topological polar surface area (TPSA) is 75.6 Å². The summed E-state index contributed by atoms with van der Waals surface area (Å²) in [7, 11) is 0. The number of carbonyl (C=O) groups is 2. The molecule has 5 nitrogen and oxygen atoms in total. The number of carboxylic acids is 1. The molecule has 0 unspecified atom stereocenters. The van der Waals surface area contributed by atoms with E-state index in [0.717, 1.165) is 11.1 Å². The van der Waals surface area contributed by atoms with E-state index < -0.39 is 23.7 Å². The fourth-order valence-electron chi connectivity index (χ4n) is 1.87. The predicted molar refractivity (Wildman–Crippen MR) is 80.3 cm³/mol. The highest BCUT2D eigenvalue weighted by Gasteiger charge is 2.21. The summed E-state index contributed by atoms with van der Waals surface area (Å²) in [5, 5.41) is 11.6. The molecule has 21 heavy (non-hydrogen) atoms. The van der Waals surface area contributed by atoms with E-state index in [4.69, 9.17) is 9.84 Å². The quantitative estimate of drug-likeness (QED) is 0.875. The van der Waals surface area contributed by atoms with Crippen LogP contribution in [0, 0.1) is 6.92 Å². The minimum atomic E-state index is -0.955. The number of hydrogen-bond donors (Lipinski definition) is 2. The Labute approximate surface area is 125 Å². The van der Waals surface area contributed by atoms with Crippen molar-refractivity contribution >= 4 is 12.1 Å². The second-order valence-corrected chi connectivity index (χ2v) is 6.13. The highest BCUT2D eigenvalue weighted by Crippen LogP contribution is 2.11. The Kier molecular flexibility index (Phi) is 5.76. The van der Waals surface area contributed by atoms with Crippen molar-refractivity contribution in [2.24, 2.45) is 0 Å². The van der Waals surface area contributed by atoms with Crippen LogP contribution in [0.15, 0.2) is 24.3 Å². The van der Waals surface area contributed by atoms with Crippen LogP contribution < -0.4 is 5.32 Å². The van der Waals surface area contributed by atoms with Crippen molar-refractivity contribution in [2.75, 3.05) is 0 Å². The maximum Gasteiger partial charge on any atom is 0.407 e. The van der Waals surface area contributed by atoms with Gasteiger partial charge in [-0.25, -0.2) is 4.79 Å². The van der Waals surface area contributed by atoms with Crippen molar-refractivity contribution in [1.29, 1.82) is 0 Å². The number of benzene rings is 1. The van der Waals surface area contributed by atoms with E-state index >= 15 is 0 Å². The maximum absolute atomic E-state index is 11.8. The van der Waals surface area contributed by atoms with Gasteiger partial charge in [-0.05, 0) is 39.7 Å². The van der Waals surface area contributed by atoms with Crippen LogP contribution in [0.25, 0.3) is 0 Å². The summed E-state index contributed by atoms with van der Waals surface area (Å²) in [4.78, 5) is 22.7. The van der Waals surface area contributed by atoms with Crippen molar-refractivity contribution in [1.82, 2.24) is 5.32 Å². The number of hydrogen-bond acceptors (Lipinski definition) is 3. The minimum Gasteiger partial charge on any atom is -0.481 e. The van der Waals surface area contributed by atoms with Gasteiger partial charge in [0.05, 0.1) is 6.42 Å². The third-order valence-electron chi connectivity index (χ3n) is 2.74. The summed E-state index contributed by atoms with van der Waals surface area (Å²) in [6.07, 6.45) is -0.292. The Balaban J connectivity index is 2.69. The van der Waals surface area contributed by atoms with Crippen molar-refractivity contribution in [3.05, 3.63) is 35.4 Å². The zero-order chi connectivity index (χ0) is 16.0. The molecule has 1 aromatic carbocycles. The number of aliphatic carboxylic acids is 1. The van der Waals surface area contributed by atoms with E-state index in [1.54, 1.807) is 20.8 Å². The fraction of sp³-hybridized carbons (Fsp3) is 0.500. The van der Waals surface area contributed by atoms with Gasteiger partial charge in [0, 0.05) is 6.04 Å². The molecule has 1 amide bonds. The molecule has 1 aromatic rings. The summed E-state index contributed by atoms with van der Waals surface area (Å²) in [5.41, 5.74) is 1.50. The Morgan fingerprint density at radius 2 is 1.81 bits per heavy atom. The third kappa shape index (κ3) is 7.34. The van der Waals surface area contributed by atoms with E-state index in [2.05, 4.69) is 5.32 Å². The van der Waals surface area contributed by atoms with Crippen LogP contribution in [0.3, 0.4) is 0 Å². The largest absolute Gasteiger partial charge is 0.481 e. The lowest BCUT2D eigenvalue weighted by atomic mass is 10.0. The van der Waals surface area contributed by atoms with E-state index in [-0.39, 0.29) is 6.42 Å². The maximum atomic E-state index is 11.8. The molecule has 0 saturated carbocycles. The van der Waals surface area contributed by atoms with Crippen LogP contribution in [0.4, 0.5) is 4.79 Å². The molecule has 0 fully saturated rings. The lowest BCUT2D eigenvalue weighted by Crippen LogP contribution is -2.41. The summed E-state index contributed by atoms with van der Waals surface area (Å²) in [5.74, 6) is -0.955. The second-order valence-electron chi connectivity index (χ2n) is 6.13. The van der Waals surface area contributed by atoms with Gasteiger partial charge in [0.15, 0.2) is 0 Å². The Hall–Kier alpha value is -2.04. The van der Waals surface area contributed by atoms with Crippen molar-refractivity contribution < 1.29 is 19.4 Å². The minimum absolute atomic E-state index is 0.146. The van der Waals surface area contributed by atoms with Gasteiger partial charge in [-0.1, -0.05) is 29.8 Å². The van der Waals surface area contributed by atoms with E-state index in [9.17, 15) is 9.59 Å². The Morgan fingerprint density at radius 1 is 1.24 bits per heavy atom. The fourth-order valence-corrected chi connectivity index (χ4v) is 1.87. The summed E-state index contributed by atoms with van der Waals surface area (Å²) >= 11 is 0. The average molecular weight is 293 g/mol. The van der Waals surface area contributed by atoms with Gasteiger partial charge in [0.2, 0.25) is 0 Å². The SMILES string of the molecule is Cc1ccc(C[C@H](CC(=O)O)NC(=O)OC(C)(C)C)cc1. The molecule has 0 heterocycles. The molecular formula is C16H23NO4. The second kappa shape index (κ2) is 7.11. The molecule has 1 rings (SSSR count). The number of carbonyl (C=O) groups excluding carboxylic acids is 1. The molecule has 0 radical (unpaired) electrons. The Morgan fingerprint density at radius 3 is 2.29 bits per heavy atom. The Bertz CT molecular complexity index is 488. The zero-order valence-electron chi connectivity index (χ0n) is 13.0. The summed E-state index contributed by atoms with van der Waals surface area (Å²) in [6.45, 7) is 7.27. The number of amides is 1. The first kappa shape index (κ1) is 17.0. The molecule has 1 atom stereocenters. The number of alkyl carbamates (subject to hydrolysis) is 1. The number of carboxylic acid groups (broad SMARTS) is 1. The molecule has 5 heteroatoms. The van der Waals surface area contributed by atoms with Gasteiger partial charge in [0.1, 0.15) is 5.60 Å². The van der Waals surface area contributed by atoms with Gasteiger partial charge in [0.25, 0.3) is 0 Å². The summed E-state index contributed by atoms with van der Waals surface area (Å²) < 4.78 is 5.16. The van der Waals surface area contributed by atoms with Crippen LogP contribution >= 0.6 is 0 Å². The van der Waals surface area contributed by atoms with E-state index in [0.29, 0.717) is 6.42 Å². The monoisotopic (exact) mass is 293 g/mol. The van der Waals surface area contributed by atoms with Gasteiger partial charge in [-0.15, -0.1) is 0 Å². The van der Waals surface area contributed by atoms with Gasteiger partial charge in [-0.2, -0.15) is 0 Å². The van der Waals surface area contributed by atoms with Gasteiger partial charge < -0.3 is 15.2 Å². The molecule has 0 aliphatic heterocycles. The van der Waals surface area contributed by atoms with Gasteiger partial charge >= 0.3 is 12.1 Å². The van der Waals surface area contributed by atoms with Crippen LogP contribution in [0.1, 0.15) is 38.3 Å². The molecule has 116 valence electrons. The first-order valence-corrected chi connectivity index (χ1v) is 6.92. The third-order valence-corrected chi connectivity index (χ3v) is 2.74. The number of rotatable bonds is 5. The highest BCUT2D eigenvalue weighted by molar-refractivity contribution is 5.71. The number of ether oxygens (including phenoxy) is 1. The molecule has 0 aromatic heterocycles. The lowest BCUT2D eigenvalue weighted by molar-refractivity contribution is -0.137. The molecule has 0 saturated heterocycles. The van der Waals surface area contributed by atoms with Crippen LogP contribution in [0.2, 0.25) is 0 Å². The van der Waals surface area contributed by atoms with Crippen LogP contribution in [-0.4, -0.2) is 28.8 Å². The first-order chi connectivity index (χ1) is 9.65. The smallest absolute Gasteiger partial charge is 0.407 e. The van der Waals surface area contributed by atoms with E-state index in [1.165, 1.54) is 0 Å². The predicted octanol–water partition coefficient (Wildman–Crippen LogP) is 2.91. The molecular weight excluding hydrogens is 270 g/mol. The highest BCUT2D eigenvalue weighted by atomic mass is 16.6. The van der Waals surface area contributed by atoms with Gasteiger partial charge in [-0.3, -0.25) is 4.79 Å². The zero-order valence-corrected chi connectivity index (χ0v) is 13.0. The molecule has 0 spiro atoms. The molecule has 0 aliphatic rings. The molecule has 0 aliphatic carbocycles. The van der Waals surface area contributed by atoms with Crippen molar-refractivity contribution in [2.45, 2.75) is 52.2 Å². The van der Waals surface area contributed by atoms with Crippen LogP contribution in [0.5, 0.6) is 0 Å². The van der Waals surface area contributed by atoms with E-state index in [1.807, 2.05) is 31.2 Å². The number of nitrogens with one attached hydrogen (secondary N) is 1.